The third-order valence-corrected chi connectivity index (χ3v) is 21.9. The summed E-state index contributed by atoms with van der Waals surface area (Å²) in [7, 11) is -9.93. The highest BCUT2D eigenvalue weighted by atomic mass is 31.2. The molecule has 0 saturated carbocycles. The predicted octanol–water partition coefficient (Wildman–Crippen LogP) is 25.8. The highest BCUT2D eigenvalue weighted by Crippen LogP contribution is 2.45. The minimum absolute atomic E-state index is 0.106. The Labute approximate surface area is 638 Å². The predicted molar refractivity (Wildman–Crippen MR) is 428 cm³/mol. The molecule has 5 atom stereocenters. The van der Waals surface area contributed by atoms with E-state index in [4.69, 9.17) is 37.0 Å². The van der Waals surface area contributed by atoms with E-state index in [2.05, 4.69) is 41.5 Å². The van der Waals surface area contributed by atoms with E-state index >= 15 is 0 Å². The number of hydrogen-bond acceptors (Lipinski definition) is 15. The molecule has 17 nitrogen and oxygen atoms in total. The van der Waals surface area contributed by atoms with Crippen molar-refractivity contribution in [3.05, 3.63) is 0 Å². The second-order valence-corrected chi connectivity index (χ2v) is 34.4. The summed E-state index contributed by atoms with van der Waals surface area (Å²) in [6, 6.07) is 0. The van der Waals surface area contributed by atoms with Crippen LogP contribution in [0.3, 0.4) is 0 Å². The van der Waals surface area contributed by atoms with Gasteiger partial charge in [-0.2, -0.15) is 0 Å². The number of aliphatic hydroxyl groups is 1. The van der Waals surface area contributed by atoms with Crippen molar-refractivity contribution in [2.45, 2.75) is 471 Å². The van der Waals surface area contributed by atoms with Gasteiger partial charge in [-0.3, -0.25) is 37.3 Å². The third kappa shape index (κ3) is 78.2. The van der Waals surface area contributed by atoms with E-state index in [-0.39, 0.29) is 25.7 Å². The summed E-state index contributed by atoms with van der Waals surface area (Å²) in [4.78, 5) is 73.2. The molecule has 0 amide bonds. The zero-order chi connectivity index (χ0) is 76.4. The molecule has 618 valence electrons. The van der Waals surface area contributed by atoms with Crippen molar-refractivity contribution < 1.29 is 80.2 Å². The van der Waals surface area contributed by atoms with Crippen LogP contribution in [-0.2, 0) is 65.4 Å². The van der Waals surface area contributed by atoms with Crippen molar-refractivity contribution in [1.29, 1.82) is 0 Å². The molecule has 0 aliphatic carbocycles. The van der Waals surface area contributed by atoms with Gasteiger partial charge in [0.05, 0.1) is 26.4 Å². The SMILES string of the molecule is CCCCCCCCCCCCCCCCCCCCCCC(=O)O[C@H](COC(=O)CCCCCCCCCCCCCCCCCCCC)COP(=O)(O)OC[C@@H](O)COP(=O)(O)OC[C@@H](COC(=O)CCCCCCCCCCCC(C)C)OC(=O)CCCCCCCCCCCCCC(C)C. The standard InChI is InChI=1S/C85H166O17P2/c1-7-9-11-13-15-17-19-21-23-25-27-28-30-32-34-38-44-51-57-63-69-84(89)101-80(73-95-82(87)67-61-55-49-43-37-33-31-29-26-24-22-20-18-16-14-12-10-8-2)75-99-103(91,92)97-71-79(86)72-98-104(93,94)100-76-81(74-96-83(88)68-62-56-50-46-40-42-48-54-60-66-78(5)6)102-85(90)70-64-58-52-45-39-35-36-41-47-53-59-65-77(3)4/h77-81,86H,7-76H2,1-6H3,(H,91,92)(H,93,94)/t79-,80-,81-/m1/s1. The molecule has 104 heavy (non-hydrogen) atoms. The van der Waals surface area contributed by atoms with Gasteiger partial charge in [0.1, 0.15) is 19.3 Å². The lowest BCUT2D eigenvalue weighted by molar-refractivity contribution is -0.161. The highest BCUT2D eigenvalue weighted by molar-refractivity contribution is 7.47. The number of phosphoric ester groups is 2. The van der Waals surface area contributed by atoms with Gasteiger partial charge in [-0.15, -0.1) is 0 Å². The van der Waals surface area contributed by atoms with Crippen molar-refractivity contribution in [3.8, 4) is 0 Å². The van der Waals surface area contributed by atoms with Gasteiger partial charge in [0.2, 0.25) is 0 Å². The largest absolute Gasteiger partial charge is 0.472 e. The zero-order valence-corrected chi connectivity index (χ0v) is 70.1. The number of phosphoric acid groups is 2. The average molecular weight is 1520 g/mol. The fraction of sp³-hybridized carbons (Fsp3) is 0.953. The Kier molecular flexibility index (Phi) is 75.0. The number of aliphatic hydroxyl groups excluding tert-OH is 1. The molecular weight excluding hydrogens is 1350 g/mol. The summed E-state index contributed by atoms with van der Waals surface area (Å²) in [5.74, 6) is -0.595. The molecule has 0 aromatic heterocycles. The van der Waals surface area contributed by atoms with Crippen LogP contribution in [0.25, 0.3) is 0 Å². The van der Waals surface area contributed by atoms with Gasteiger partial charge in [0.15, 0.2) is 12.2 Å². The summed E-state index contributed by atoms with van der Waals surface area (Å²) < 4.78 is 68.9. The van der Waals surface area contributed by atoms with Crippen molar-refractivity contribution in [2.75, 3.05) is 39.6 Å². The first-order chi connectivity index (χ1) is 50.4. The molecular formula is C85H166O17P2. The van der Waals surface area contributed by atoms with Crippen LogP contribution in [0.4, 0.5) is 0 Å². The highest BCUT2D eigenvalue weighted by Gasteiger charge is 2.30. The van der Waals surface area contributed by atoms with Crippen LogP contribution in [0.2, 0.25) is 0 Å². The molecule has 0 aliphatic heterocycles. The molecule has 0 heterocycles. The number of ether oxygens (including phenoxy) is 4. The average Bonchev–Trinajstić information content (AvgIpc) is 0.910. The Balaban J connectivity index is 5.25. The second-order valence-electron chi connectivity index (χ2n) is 31.5. The molecule has 0 saturated heterocycles. The van der Waals surface area contributed by atoms with Gasteiger partial charge in [-0.25, -0.2) is 9.13 Å². The molecule has 0 bridgehead atoms. The van der Waals surface area contributed by atoms with E-state index < -0.39 is 97.5 Å². The van der Waals surface area contributed by atoms with E-state index in [0.29, 0.717) is 25.7 Å². The molecule has 0 aliphatic rings. The third-order valence-electron chi connectivity index (χ3n) is 20.0. The topological polar surface area (TPSA) is 237 Å². The Hall–Kier alpha value is -1.94. The summed E-state index contributed by atoms with van der Waals surface area (Å²) in [6.07, 6.45) is 68.1. The maximum atomic E-state index is 13.1. The summed E-state index contributed by atoms with van der Waals surface area (Å²) in [5.41, 5.74) is 0. The minimum atomic E-state index is -4.97. The Morgan fingerprint density at radius 1 is 0.260 bits per heavy atom. The van der Waals surface area contributed by atoms with E-state index in [1.54, 1.807) is 0 Å². The van der Waals surface area contributed by atoms with E-state index in [1.165, 1.54) is 270 Å². The quantitative estimate of drug-likeness (QED) is 0.0222. The van der Waals surface area contributed by atoms with Crippen molar-refractivity contribution >= 4 is 39.5 Å². The molecule has 0 spiro atoms. The molecule has 0 radical (unpaired) electrons. The Morgan fingerprint density at radius 2 is 0.442 bits per heavy atom. The van der Waals surface area contributed by atoms with Gasteiger partial charge in [-0.1, -0.05) is 401 Å². The van der Waals surface area contributed by atoms with Gasteiger partial charge in [0, 0.05) is 25.7 Å². The van der Waals surface area contributed by atoms with Crippen LogP contribution in [0.15, 0.2) is 0 Å². The summed E-state index contributed by atoms with van der Waals surface area (Å²) >= 11 is 0. The lowest BCUT2D eigenvalue weighted by Gasteiger charge is -2.21. The number of hydrogen-bond donors (Lipinski definition) is 3. The van der Waals surface area contributed by atoms with Gasteiger partial charge < -0.3 is 33.8 Å². The van der Waals surface area contributed by atoms with Crippen LogP contribution in [0, 0.1) is 11.8 Å². The Bertz CT molecular complexity index is 1990. The van der Waals surface area contributed by atoms with E-state index in [0.717, 1.165) is 102 Å². The van der Waals surface area contributed by atoms with Crippen molar-refractivity contribution in [1.82, 2.24) is 0 Å². The number of carbonyl (C=O) groups is 4. The van der Waals surface area contributed by atoms with Gasteiger partial charge in [0.25, 0.3) is 0 Å². The molecule has 0 aromatic carbocycles. The van der Waals surface area contributed by atoms with Crippen LogP contribution in [0.5, 0.6) is 0 Å². The van der Waals surface area contributed by atoms with Crippen LogP contribution in [-0.4, -0.2) is 96.7 Å². The molecule has 0 fully saturated rings. The van der Waals surface area contributed by atoms with Crippen LogP contribution < -0.4 is 0 Å². The van der Waals surface area contributed by atoms with Crippen molar-refractivity contribution in [3.63, 3.8) is 0 Å². The summed E-state index contributed by atoms with van der Waals surface area (Å²) in [5, 5.41) is 10.7. The molecule has 3 N–H and O–H groups in total. The fourth-order valence-corrected chi connectivity index (χ4v) is 14.8. The molecule has 19 heteroatoms. The first-order valence-electron chi connectivity index (χ1n) is 44.0. The normalized spacial score (nSPS) is 13.8. The number of esters is 4. The summed E-state index contributed by atoms with van der Waals surface area (Å²) in [6.45, 7) is 9.65. The number of unbranched alkanes of at least 4 members (excludes halogenated alkanes) is 54. The zero-order valence-electron chi connectivity index (χ0n) is 68.3. The maximum Gasteiger partial charge on any atom is 0.472 e. The smallest absolute Gasteiger partial charge is 0.462 e. The monoisotopic (exact) mass is 1520 g/mol. The maximum absolute atomic E-state index is 13.1. The van der Waals surface area contributed by atoms with E-state index in [9.17, 15) is 43.2 Å². The fourth-order valence-electron chi connectivity index (χ4n) is 13.2. The number of carbonyl (C=O) groups excluding carboxylic acids is 4. The first kappa shape index (κ1) is 102. The van der Waals surface area contributed by atoms with Crippen LogP contribution in [0.1, 0.15) is 452 Å². The molecule has 0 aromatic rings. The van der Waals surface area contributed by atoms with Gasteiger partial charge >= 0.3 is 39.5 Å². The van der Waals surface area contributed by atoms with E-state index in [1.807, 2.05) is 0 Å². The lowest BCUT2D eigenvalue weighted by Crippen LogP contribution is -2.30. The van der Waals surface area contributed by atoms with Crippen LogP contribution >= 0.6 is 15.6 Å². The lowest BCUT2D eigenvalue weighted by atomic mass is 10.0. The Morgan fingerprint density at radius 3 is 0.654 bits per heavy atom. The number of rotatable bonds is 84. The second kappa shape index (κ2) is 76.4. The van der Waals surface area contributed by atoms with Crippen molar-refractivity contribution in [2.24, 2.45) is 11.8 Å². The minimum Gasteiger partial charge on any atom is -0.462 e. The molecule has 0 rings (SSSR count). The molecule has 2 unspecified atom stereocenters. The first-order valence-corrected chi connectivity index (χ1v) is 47.0. The van der Waals surface area contributed by atoms with Gasteiger partial charge in [-0.05, 0) is 37.5 Å².